The molecule has 2 aromatic rings. The first-order chi connectivity index (χ1) is 7.24. The molecule has 1 aromatic carbocycles. The van der Waals surface area contributed by atoms with Crippen LogP contribution < -0.4 is 5.73 Å². The maximum atomic E-state index is 5.59. The largest absolute Gasteiger partial charge is 0.384 e. The zero-order chi connectivity index (χ0) is 10.7. The number of nitrogens with zero attached hydrogens (tertiary/aromatic N) is 2. The number of hydrogen-bond donors (Lipinski definition) is 1. The second-order valence-corrected chi connectivity index (χ2v) is 3.56. The molecule has 0 aliphatic rings. The number of anilines is 1. The molecule has 0 bridgehead atoms. The molecule has 2 N–H and O–H groups in total. The minimum atomic E-state index is 0.520. The van der Waals surface area contributed by atoms with Crippen molar-refractivity contribution in [3.63, 3.8) is 0 Å². The molecule has 0 spiro atoms. The maximum Gasteiger partial charge on any atom is 0.135 e. The summed E-state index contributed by atoms with van der Waals surface area (Å²) in [6.45, 7) is 2.07. The van der Waals surface area contributed by atoms with Crippen LogP contribution in [0.5, 0.6) is 0 Å². The second-order valence-electron chi connectivity index (χ2n) is 3.56. The predicted molar refractivity (Wildman–Crippen MR) is 60.4 cm³/mol. The summed E-state index contributed by atoms with van der Waals surface area (Å²) >= 11 is 0. The molecule has 0 unspecified atom stereocenters. The Balaban J connectivity index is 2.18. The third-order valence-corrected chi connectivity index (χ3v) is 2.21. The van der Waals surface area contributed by atoms with Crippen molar-refractivity contribution >= 4 is 5.82 Å². The van der Waals surface area contributed by atoms with Gasteiger partial charge in [-0.15, -0.1) is 0 Å². The SMILES string of the molecule is Cc1ccc(Cc2nccc(N)n2)cc1. The molecule has 0 fully saturated rings. The highest BCUT2D eigenvalue weighted by Crippen LogP contribution is 2.08. The van der Waals surface area contributed by atoms with Crippen LogP contribution in [0.3, 0.4) is 0 Å². The predicted octanol–water partition coefficient (Wildman–Crippen LogP) is 1.96. The van der Waals surface area contributed by atoms with E-state index in [1.54, 1.807) is 12.3 Å². The van der Waals surface area contributed by atoms with E-state index in [0.29, 0.717) is 5.82 Å². The van der Waals surface area contributed by atoms with Crippen molar-refractivity contribution in [2.45, 2.75) is 13.3 Å². The van der Waals surface area contributed by atoms with Gasteiger partial charge in [-0.2, -0.15) is 0 Å². The molecule has 1 aromatic heterocycles. The highest BCUT2D eigenvalue weighted by atomic mass is 14.9. The fourth-order valence-electron chi connectivity index (χ4n) is 1.39. The molecule has 1 heterocycles. The molecule has 0 aliphatic carbocycles. The number of benzene rings is 1. The third-order valence-electron chi connectivity index (χ3n) is 2.21. The Kier molecular flexibility index (Phi) is 2.63. The summed E-state index contributed by atoms with van der Waals surface area (Å²) in [7, 11) is 0. The molecule has 0 atom stereocenters. The average molecular weight is 199 g/mol. The Morgan fingerprint density at radius 3 is 2.53 bits per heavy atom. The van der Waals surface area contributed by atoms with Gasteiger partial charge in [0.05, 0.1) is 0 Å². The zero-order valence-corrected chi connectivity index (χ0v) is 8.64. The summed E-state index contributed by atoms with van der Waals surface area (Å²) in [6, 6.07) is 10.0. The van der Waals surface area contributed by atoms with E-state index < -0.39 is 0 Å². The van der Waals surface area contributed by atoms with Crippen molar-refractivity contribution in [3.05, 3.63) is 53.5 Å². The minimum absolute atomic E-state index is 0.520. The number of nitrogens with two attached hydrogens (primary N) is 1. The van der Waals surface area contributed by atoms with Crippen LogP contribution in [0.15, 0.2) is 36.5 Å². The number of rotatable bonds is 2. The van der Waals surface area contributed by atoms with E-state index in [9.17, 15) is 0 Å². The van der Waals surface area contributed by atoms with Crippen LogP contribution in [-0.2, 0) is 6.42 Å². The van der Waals surface area contributed by atoms with Gasteiger partial charge in [-0.1, -0.05) is 29.8 Å². The van der Waals surface area contributed by atoms with E-state index in [1.807, 2.05) is 0 Å². The van der Waals surface area contributed by atoms with Gasteiger partial charge < -0.3 is 5.73 Å². The quantitative estimate of drug-likeness (QED) is 0.804. The van der Waals surface area contributed by atoms with Gasteiger partial charge >= 0.3 is 0 Å². The molecule has 2 rings (SSSR count). The summed E-state index contributed by atoms with van der Waals surface area (Å²) < 4.78 is 0. The van der Waals surface area contributed by atoms with Crippen LogP contribution in [0.4, 0.5) is 5.82 Å². The van der Waals surface area contributed by atoms with Crippen LogP contribution in [-0.4, -0.2) is 9.97 Å². The van der Waals surface area contributed by atoms with Crippen LogP contribution in [0.2, 0.25) is 0 Å². The maximum absolute atomic E-state index is 5.59. The number of nitrogen functional groups attached to an aromatic ring is 1. The lowest BCUT2D eigenvalue weighted by atomic mass is 10.1. The molecule has 3 nitrogen and oxygen atoms in total. The Morgan fingerprint density at radius 1 is 1.13 bits per heavy atom. The first kappa shape index (κ1) is 9.65. The second kappa shape index (κ2) is 4.09. The van der Waals surface area contributed by atoms with Crippen molar-refractivity contribution in [2.75, 3.05) is 5.73 Å². The van der Waals surface area contributed by atoms with E-state index in [-0.39, 0.29) is 0 Å². The Bertz CT molecular complexity index is 449. The molecule has 3 heteroatoms. The molecule has 76 valence electrons. The first-order valence-electron chi connectivity index (χ1n) is 4.87. The Labute approximate surface area is 89.0 Å². The van der Waals surface area contributed by atoms with Crippen LogP contribution in [0.1, 0.15) is 17.0 Å². The third kappa shape index (κ3) is 2.53. The first-order valence-corrected chi connectivity index (χ1v) is 4.87. The molecule has 0 saturated heterocycles. The molecule has 15 heavy (non-hydrogen) atoms. The highest BCUT2D eigenvalue weighted by Gasteiger charge is 1.99. The van der Waals surface area contributed by atoms with Crippen molar-refractivity contribution in [1.29, 1.82) is 0 Å². The van der Waals surface area contributed by atoms with Gasteiger partial charge in [0.15, 0.2) is 0 Å². The van der Waals surface area contributed by atoms with E-state index in [2.05, 4.69) is 41.2 Å². The van der Waals surface area contributed by atoms with Gasteiger partial charge in [0.2, 0.25) is 0 Å². The van der Waals surface area contributed by atoms with Gasteiger partial charge in [-0.05, 0) is 18.6 Å². The monoisotopic (exact) mass is 199 g/mol. The smallest absolute Gasteiger partial charge is 0.135 e. The van der Waals surface area contributed by atoms with E-state index in [4.69, 9.17) is 5.73 Å². The van der Waals surface area contributed by atoms with E-state index in [0.717, 1.165) is 12.2 Å². The molecule has 0 amide bonds. The van der Waals surface area contributed by atoms with Gasteiger partial charge in [0, 0.05) is 12.6 Å². The summed E-state index contributed by atoms with van der Waals surface area (Å²) in [5, 5.41) is 0. The van der Waals surface area contributed by atoms with Crippen molar-refractivity contribution in [2.24, 2.45) is 0 Å². The van der Waals surface area contributed by atoms with E-state index >= 15 is 0 Å². The fourth-order valence-corrected chi connectivity index (χ4v) is 1.39. The lowest BCUT2D eigenvalue weighted by Crippen LogP contribution is -1.99. The van der Waals surface area contributed by atoms with E-state index in [1.165, 1.54) is 11.1 Å². The van der Waals surface area contributed by atoms with Gasteiger partial charge in [0.25, 0.3) is 0 Å². The molecule has 0 radical (unpaired) electrons. The van der Waals surface area contributed by atoms with Crippen molar-refractivity contribution in [1.82, 2.24) is 9.97 Å². The summed E-state index contributed by atoms with van der Waals surface area (Å²) in [5.41, 5.74) is 8.04. The highest BCUT2D eigenvalue weighted by molar-refractivity contribution is 5.28. The Morgan fingerprint density at radius 2 is 1.87 bits per heavy atom. The van der Waals surface area contributed by atoms with Gasteiger partial charge in [-0.25, -0.2) is 9.97 Å². The van der Waals surface area contributed by atoms with Gasteiger partial charge in [-0.3, -0.25) is 0 Å². The topological polar surface area (TPSA) is 51.8 Å². The van der Waals surface area contributed by atoms with Crippen molar-refractivity contribution in [3.8, 4) is 0 Å². The number of hydrogen-bond acceptors (Lipinski definition) is 3. The Hall–Kier alpha value is -1.90. The fraction of sp³-hybridized carbons (Fsp3) is 0.167. The summed E-state index contributed by atoms with van der Waals surface area (Å²) in [5.74, 6) is 1.28. The molecule has 0 aliphatic heterocycles. The molecular weight excluding hydrogens is 186 g/mol. The zero-order valence-electron chi connectivity index (χ0n) is 8.64. The summed E-state index contributed by atoms with van der Waals surface area (Å²) in [4.78, 5) is 8.32. The molecule has 0 saturated carbocycles. The van der Waals surface area contributed by atoms with Crippen LogP contribution >= 0.6 is 0 Å². The minimum Gasteiger partial charge on any atom is -0.384 e. The lowest BCUT2D eigenvalue weighted by Gasteiger charge is -2.01. The summed E-state index contributed by atoms with van der Waals surface area (Å²) in [6.07, 6.45) is 2.41. The molecular formula is C12H13N3. The van der Waals surface area contributed by atoms with Crippen LogP contribution in [0.25, 0.3) is 0 Å². The number of aromatic nitrogens is 2. The van der Waals surface area contributed by atoms with Crippen molar-refractivity contribution < 1.29 is 0 Å². The van der Waals surface area contributed by atoms with Gasteiger partial charge in [0.1, 0.15) is 11.6 Å². The average Bonchev–Trinajstić information content (AvgIpc) is 2.22. The standard InChI is InChI=1S/C12H13N3/c1-9-2-4-10(5-3-9)8-12-14-7-6-11(13)15-12/h2-7H,8H2,1H3,(H2,13,14,15). The normalized spacial score (nSPS) is 10.2. The van der Waals surface area contributed by atoms with Crippen LogP contribution in [0, 0.1) is 6.92 Å². The lowest BCUT2D eigenvalue weighted by molar-refractivity contribution is 0.973. The number of aryl methyl sites for hydroxylation is 1.